The Bertz CT molecular complexity index is 555. The van der Waals surface area contributed by atoms with Crippen molar-refractivity contribution in [3.05, 3.63) is 36.0 Å². The van der Waals surface area contributed by atoms with E-state index in [-0.39, 0.29) is 6.42 Å². The highest BCUT2D eigenvalue weighted by Crippen LogP contribution is 2.25. The molecule has 0 amide bonds. The molecule has 3 heteroatoms. The Kier molecular flexibility index (Phi) is 3.70. The molecule has 1 heterocycles. The lowest BCUT2D eigenvalue weighted by atomic mass is 10.1. The van der Waals surface area contributed by atoms with E-state index < -0.39 is 5.97 Å². The first-order valence-electron chi connectivity index (χ1n) is 6.40. The number of aromatic nitrogens is 1. The second-order valence-corrected chi connectivity index (χ2v) is 4.92. The highest BCUT2D eigenvalue weighted by Gasteiger charge is 2.10. The second kappa shape index (κ2) is 5.25. The van der Waals surface area contributed by atoms with E-state index >= 15 is 0 Å². The monoisotopic (exact) mass is 245 g/mol. The van der Waals surface area contributed by atoms with Crippen LogP contribution >= 0.6 is 0 Å². The average molecular weight is 245 g/mol. The van der Waals surface area contributed by atoms with E-state index in [1.165, 1.54) is 16.5 Å². The summed E-state index contributed by atoms with van der Waals surface area (Å²) in [7, 11) is 0. The predicted octanol–water partition coefficient (Wildman–Crippen LogP) is 3.63. The van der Waals surface area contributed by atoms with Crippen molar-refractivity contribution in [1.82, 2.24) is 4.57 Å². The van der Waals surface area contributed by atoms with E-state index in [0.29, 0.717) is 12.5 Å². The summed E-state index contributed by atoms with van der Waals surface area (Å²) in [4.78, 5) is 10.6. The predicted molar refractivity (Wildman–Crippen MR) is 72.9 cm³/mol. The molecule has 96 valence electrons. The average Bonchev–Trinajstić information content (AvgIpc) is 2.68. The summed E-state index contributed by atoms with van der Waals surface area (Å²) >= 11 is 0. The smallest absolute Gasteiger partial charge is 0.303 e. The maximum absolute atomic E-state index is 10.6. The van der Waals surface area contributed by atoms with Crippen LogP contribution in [0.2, 0.25) is 0 Å². The first-order chi connectivity index (χ1) is 8.59. The zero-order valence-corrected chi connectivity index (χ0v) is 10.9. The summed E-state index contributed by atoms with van der Waals surface area (Å²) in [5.41, 5.74) is 2.48. The molecule has 1 aromatic carbocycles. The van der Waals surface area contributed by atoms with Gasteiger partial charge in [-0.05, 0) is 38.3 Å². The third-order valence-corrected chi connectivity index (χ3v) is 3.22. The fourth-order valence-corrected chi connectivity index (χ4v) is 2.33. The molecule has 0 fully saturated rings. The minimum Gasteiger partial charge on any atom is -0.481 e. The molecule has 2 rings (SSSR count). The molecule has 3 nitrogen and oxygen atoms in total. The summed E-state index contributed by atoms with van der Waals surface area (Å²) in [6, 6.07) is 8.74. The van der Waals surface area contributed by atoms with E-state index in [4.69, 9.17) is 5.11 Å². The lowest BCUT2D eigenvalue weighted by Gasteiger charge is -2.08. The Morgan fingerprint density at radius 3 is 2.72 bits per heavy atom. The topological polar surface area (TPSA) is 42.2 Å². The van der Waals surface area contributed by atoms with Crippen LogP contribution in [0, 0.1) is 0 Å². The van der Waals surface area contributed by atoms with Crippen molar-refractivity contribution < 1.29 is 9.90 Å². The third-order valence-electron chi connectivity index (χ3n) is 3.22. The minimum absolute atomic E-state index is 0.237. The molecular weight excluding hydrogens is 226 g/mol. The Labute approximate surface area is 107 Å². The Morgan fingerprint density at radius 1 is 1.33 bits per heavy atom. The van der Waals surface area contributed by atoms with E-state index in [1.54, 1.807) is 0 Å². The van der Waals surface area contributed by atoms with Crippen molar-refractivity contribution in [2.24, 2.45) is 0 Å². The first kappa shape index (κ1) is 12.7. The molecule has 0 saturated heterocycles. The van der Waals surface area contributed by atoms with Gasteiger partial charge in [-0.15, -0.1) is 0 Å². The van der Waals surface area contributed by atoms with Gasteiger partial charge >= 0.3 is 5.97 Å². The molecule has 2 aromatic rings. The summed E-state index contributed by atoms with van der Waals surface area (Å²) in [6.45, 7) is 4.32. The number of hydrogen-bond donors (Lipinski definition) is 1. The molecule has 18 heavy (non-hydrogen) atoms. The van der Waals surface area contributed by atoms with Crippen molar-refractivity contribution in [3.8, 4) is 0 Å². The van der Waals surface area contributed by atoms with Crippen LogP contribution in [0.4, 0.5) is 0 Å². The Hall–Kier alpha value is -1.77. The van der Waals surface area contributed by atoms with Crippen molar-refractivity contribution in [2.45, 2.75) is 39.2 Å². The molecule has 0 aliphatic rings. The van der Waals surface area contributed by atoms with Crippen LogP contribution in [0.15, 0.2) is 30.5 Å². The molecule has 1 N–H and O–H groups in total. The van der Waals surface area contributed by atoms with Crippen LogP contribution < -0.4 is 0 Å². The summed E-state index contributed by atoms with van der Waals surface area (Å²) < 4.78 is 2.26. The molecule has 0 aliphatic carbocycles. The Balaban J connectivity index is 2.30. The highest BCUT2D eigenvalue weighted by atomic mass is 16.4. The SMILES string of the molecule is CC(C)n1cc(CCCC(=O)O)c2ccccc21. The third kappa shape index (κ3) is 2.55. The molecule has 0 aliphatic heterocycles. The second-order valence-electron chi connectivity index (χ2n) is 4.92. The van der Waals surface area contributed by atoms with Gasteiger partial charge in [0.15, 0.2) is 0 Å². The van der Waals surface area contributed by atoms with Crippen molar-refractivity contribution >= 4 is 16.9 Å². The maximum atomic E-state index is 10.6. The molecule has 1 aromatic heterocycles. The molecule has 0 bridgehead atoms. The van der Waals surface area contributed by atoms with Gasteiger partial charge in [0.2, 0.25) is 0 Å². The first-order valence-corrected chi connectivity index (χ1v) is 6.40. The molecule has 0 spiro atoms. The van der Waals surface area contributed by atoms with Crippen LogP contribution in [0.25, 0.3) is 10.9 Å². The lowest BCUT2D eigenvalue weighted by Crippen LogP contribution is -1.98. The molecular formula is C15H19NO2. The number of hydrogen-bond acceptors (Lipinski definition) is 1. The van der Waals surface area contributed by atoms with Crippen LogP contribution in [0.3, 0.4) is 0 Å². The fourth-order valence-electron chi connectivity index (χ4n) is 2.33. The standard InChI is InChI=1S/C15H19NO2/c1-11(2)16-10-12(6-5-9-15(17)18)13-7-3-4-8-14(13)16/h3-4,7-8,10-11H,5-6,9H2,1-2H3,(H,17,18). The number of aryl methyl sites for hydroxylation is 1. The van der Waals surface area contributed by atoms with Crippen LogP contribution in [-0.2, 0) is 11.2 Å². The summed E-state index contributed by atoms with van der Waals surface area (Å²) in [5, 5.41) is 9.94. The number of para-hydroxylation sites is 1. The zero-order chi connectivity index (χ0) is 13.1. The number of carboxylic acid groups (broad SMARTS) is 1. The van der Waals surface area contributed by atoms with E-state index in [9.17, 15) is 4.79 Å². The van der Waals surface area contributed by atoms with E-state index in [1.807, 2.05) is 12.1 Å². The van der Waals surface area contributed by atoms with Gasteiger partial charge in [-0.3, -0.25) is 4.79 Å². The van der Waals surface area contributed by atoms with Gasteiger partial charge in [0.1, 0.15) is 0 Å². The number of carboxylic acids is 1. The lowest BCUT2D eigenvalue weighted by molar-refractivity contribution is -0.137. The zero-order valence-electron chi connectivity index (χ0n) is 10.9. The van der Waals surface area contributed by atoms with Crippen molar-refractivity contribution in [3.63, 3.8) is 0 Å². The van der Waals surface area contributed by atoms with E-state index in [2.05, 4.69) is 36.7 Å². The number of nitrogens with zero attached hydrogens (tertiary/aromatic N) is 1. The van der Waals surface area contributed by atoms with Gasteiger partial charge < -0.3 is 9.67 Å². The maximum Gasteiger partial charge on any atom is 0.303 e. The minimum atomic E-state index is -0.720. The van der Waals surface area contributed by atoms with Gasteiger partial charge in [0, 0.05) is 29.6 Å². The molecule has 0 unspecified atom stereocenters. The van der Waals surface area contributed by atoms with Crippen molar-refractivity contribution in [2.75, 3.05) is 0 Å². The summed E-state index contributed by atoms with van der Waals surface area (Å²) in [6.07, 6.45) is 3.92. The van der Waals surface area contributed by atoms with Crippen LogP contribution in [-0.4, -0.2) is 15.6 Å². The van der Waals surface area contributed by atoms with Gasteiger partial charge in [-0.1, -0.05) is 18.2 Å². The normalized spacial score (nSPS) is 11.3. The van der Waals surface area contributed by atoms with Crippen LogP contribution in [0.5, 0.6) is 0 Å². The van der Waals surface area contributed by atoms with Crippen LogP contribution in [0.1, 0.15) is 38.3 Å². The van der Waals surface area contributed by atoms with Gasteiger partial charge in [-0.2, -0.15) is 0 Å². The van der Waals surface area contributed by atoms with Gasteiger partial charge in [0.05, 0.1) is 0 Å². The van der Waals surface area contributed by atoms with Crippen molar-refractivity contribution in [1.29, 1.82) is 0 Å². The van der Waals surface area contributed by atoms with Gasteiger partial charge in [-0.25, -0.2) is 0 Å². The van der Waals surface area contributed by atoms with E-state index in [0.717, 1.165) is 6.42 Å². The quantitative estimate of drug-likeness (QED) is 0.874. The number of fused-ring (bicyclic) bond motifs is 1. The van der Waals surface area contributed by atoms with Gasteiger partial charge in [0.25, 0.3) is 0 Å². The largest absolute Gasteiger partial charge is 0.481 e. The molecule has 0 atom stereocenters. The Morgan fingerprint density at radius 2 is 2.06 bits per heavy atom. The number of carbonyl (C=O) groups is 1. The summed E-state index contributed by atoms with van der Waals surface area (Å²) in [5.74, 6) is -0.720. The number of aliphatic carboxylic acids is 1. The molecule has 0 radical (unpaired) electrons. The highest BCUT2D eigenvalue weighted by molar-refractivity contribution is 5.84. The number of benzene rings is 1. The number of rotatable bonds is 5. The molecule has 0 saturated carbocycles. The fraction of sp³-hybridized carbons (Fsp3) is 0.400.